The van der Waals surface area contributed by atoms with Crippen LogP contribution in [0.25, 0.3) is 6.08 Å². The van der Waals surface area contributed by atoms with Crippen LogP contribution in [-0.4, -0.2) is 23.2 Å². The van der Waals surface area contributed by atoms with Crippen LogP contribution in [0.3, 0.4) is 0 Å². The Morgan fingerprint density at radius 2 is 1.85 bits per heavy atom. The van der Waals surface area contributed by atoms with Gasteiger partial charge in [0.05, 0.1) is 23.6 Å². The number of carbonyl (C=O) groups excluding carboxylic acids is 2. The number of carbonyl (C=O) groups is 2. The molecule has 0 aromatic heterocycles. The largest absolute Gasteiger partial charge is 0.493 e. The molecule has 0 spiro atoms. The molecule has 1 heterocycles. The molecule has 3 aromatic rings. The van der Waals surface area contributed by atoms with Crippen molar-refractivity contribution in [3.8, 4) is 11.5 Å². The van der Waals surface area contributed by atoms with Crippen LogP contribution in [0, 0.1) is 5.82 Å². The molecular weight excluding hydrogens is 545 g/mol. The standard InChI is InChI=1S/C25H18BrClFNO4S/c1-32-21-10-7-16(11-22(21)33-14-18-19(27)3-2-4-20(18)28)12-23-24(30)29(25(31)34-23)13-15-5-8-17(26)9-6-15/h2-12H,13-14H2,1H3/b23-12+. The average molecular weight is 563 g/mol. The number of nitrogens with zero attached hydrogens (tertiary/aromatic N) is 1. The van der Waals surface area contributed by atoms with Crippen LogP contribution in [-0.2, 0) is 17.9 Å². The quantitative estimate of drug-likeness (QED) is 0.288. The predicted octanol–water partition coefficient (Wildman–Crippen LogP) is 7.07. The van der Waals surface area contributed by atoms with E-state index in [0.29, 0.717) is 22.0 Å². The van der Waals surface area contributed by atoms with Gasteiger partial charge in [-0.1, -0.05) is 51.8 Å². The van der Waals surface area contributed by atoms with Crippen LogP contribution >= 0.6 is 39.3 Å². The maximum atomic E-state index is 14.1. The summed E-state index contributed by atoms with van der Waals surface area (Å²) in [6.07, 6.45) is 1.62. The molecule has 1 fully saturated rings. The van der Waals surface area contributed by atoms with Crippen LogP contribution in [0.4, 0.5) is 9.18 Å². The van der Waals surface area contributed by atoms with Gasteiger partial charge in [-0.05, 0) is 65.4 Å². The number of hydrogen-bond donors (Lipinski definition) is 0. The summed E-state index contributed by atoms with van der Waals surface area (Å²) in [5, 5.41) is -0.0760. The summed E-state index contributed by atoms with van der Waals surface area (Å²) in [5.41, 5.74) is 1.70. The molecule has 4 rings (SSSR count). The van der Waals surface area contributed by atoms with Gasteiger partial charge in [0.2, 0.25) is 0 Å². The molecule has 9 heteroatoms. The predicted molar refractivity (Wildman–Crippen MR) is 134 cm³/mol. The van der Waals surface area contributed by atoms with Gasteiger partial charge in [-0.15, -0.1) is 0 Å². The van der Waals surface area contributed by atoms with Crippen LogP contribution in [0.15, 0.2) is 70.0 Å². The van der Waals surface area contributed by atoms with E-state index in [0.717, 1.165) is 21.8 Å². The molecule has 3 aromatic carbocycles. The van der Waals surface area contributed by atoms with Gasteiger partial charge in [0, 0.05) is 10.0 Å². The topological polar surface area (TPSA) is 55.8 Å². The van der Waals surface area contributed by atoms with E-state index in [2.05, 4.69) is 15.9 Å². The van der Waals surface area contributed by atoms with E-state index in [1.165, 1.54) is 24.1 Å². The number of thioether (sulfide) groups is 1. The lowest BCUT2D eigenvalue weighted by atomic mass is 10.1. The lowest BCUT2D eigenvalue weighted by molar-refractivity contribution is -0.123. The molecule has 5 nitrogen and oxygen atoms in total. The first-order valence-electron chi connectivity index (χ1n) is 10.1. The van der Waals surface area contributed by atoms with Gasteiger partial charge in [0.1, 0.15) is 12.4 Å². The molecule has 0 bridgehead atoms. The summed E-state index contributed by atoms with van der Waals surface area (Å²) in [6, 6.07) is 16.9. The Bertz CT molecular complexity index is 1260. The molecule has 2 amide bonds. The molecule has 0 saturated carbocycles. The maximum Gasteiger partial charge on any atom is 0.293 e. The zero-order chi connectivity index (χ0) is 24.2. The molecule has 1 aliphatic heterocycles. The van der Waals surface area contributed by atoms with Crippen molar-refractivity contribution in [3.63, 3.8) is 0 Å². The Labute approximate surface area is 213 Å². The summed E-state index contributed by atoms with van der Waals surface area (Å²) in [6.45, 7) is 0.0880. The van der Waals surface area contributed by atoms with Crippen molar-refractivity contribution >= 4 is 56.5 Å². The van der Waals surface area contributed by atoms with E-state index in [-0.39, 0.29) is 34.9 Å². The van der Waals surface area contributed by atoms with Crippen molar-refractivity contribution in [2.75, 3.05) is 7.11 Å². The Morgan fingerprint density at radius 3 is 2.56 bits per heavy atom. The number of ether oxygens (including phenoxy) is 2. The second-order valence-electron chi connectivity index (χ2n) is 7.29. The zero-order valence-corrected chi connectivity index (χ0v) is 21.0. The van der Waals surface area contributed by atoms with E-state index in [4.69, 9.17) is 21.1 Å². The Balaban J connectivity index is 1.53. The van der Waals surface area contributed by atoms with E-state index < -0.39 is 5.82 Å². The number of halogens is 3. The SMILES string of the molecule is COc1ccc(/C=C2/SC(=O)N(Cc3ccc(Br)cc3)C2=O)cc1OCc1c(F)cccc1Cl. The highest BCUT2D eigenvalue weighted by molar-refractivity contribution is 9.10. The fourth-order valence-corrected chi connectivity index (χ4v) is 4.60. The minimum atomic E-state index is -0.470. The molecule has 1 saturated heterocycles. The lowest BCUT2D eigenvalue weighted by Crippen LogP contribution is -2.27. The Hall–Kier alpha value is -2.81. The minimum Gasteiger partial charge on any atom is -0.493 e. The molecule has 174 valence electrons. The van der Waals surface area contributed by atoms with E-state index in [1.54, 1.807) is 30.3 Å². The fourth-order valence-electron chi connectivity index (χ4n) is 3.28. The average Bonchev–Trinajstić information content (AvgIpc) is 3.07. The van der Waals surface area contributed by atoms with Crippen LogP contribution in [0.2, 0.25) is 5.02 Å². The number of imide groups is 1. The second kappa shape index (κ2) is 10.6. The van der Waals surface area contributed by atoms with Crippen LogP contribution in [0.1, 0.15) is 16.7 Å². The van der Waals surface area contributed by atoms with E-state index in [9.17, 15) is 14.0 Å². The summed E-state index contributed by atoms with van der Waals surface area (Å²) >= 11 is 10.3. The van der Waals surface area contributed by atoms with Crippen molar-refractivity contribution in [2.24, 2.45) is 0 Å². The van der Waals surface area contributed by atoms with Crippen molar-refractivity contribution in [2.45, 2.75) is 13.2 Å². The number of hydrogen-bond acceptors (Lipinski definition) is 5. The normalized spacial score (nSPS) is 14.7. The van der Waals surface area contributed by atoms with Crippen LogP contribution in [0.5, 0.6) is 11.5 Å². The van der Waals surface area contributed by atoms with Gasteiger partial charge in [-0.2, -0.15) is 0 Å². The zero-order valence-electron chi connectivity index (χ0n) is 17.9. The molecular formula is C25H18BrClFNO4S. The third-order valence-electron chi connectivity index (χ3n) is 5.05. The molecule has 1 aliphatic rings. The highest BCUT2D eigenvalue weighted by Gasteiger charge is 2.35. The fraction of sp³-hybridized carbons (Fsp3) is 0.120. The van der Waals surface area contributed by atoms with Crippen molar-refractivity contribution in [3.05, 3.63) is 97.6 Å². The highest BCUT2D eigenvalue weighted by Crippen LogP contribution is 2.36. The summed E-state index contributed by atoms with van der Waals surface area (Å²) in [4.78, 5) is 26.9. The van der Waals surface area contributed by atoms with Crippen molar-refractivity contribution in [1.29, 1.82) is 0 Å². The second-order valence-corrected chi connectivity index (χ2v) is 9.61. The monoisotopic (exact) mass is 561 g/mol. The Kier molecular flexibility index (Phi) is 7.60. The number of methoxy groups -OCH3 is 1. The van der Waals surface area contributed by atoms with Crippen LogP contribution < -0.4 is 9.47 Å². The van der Waals surface area contributed by atoms with E-state index in [1.807, 2.05) is 24.3 Å². The van der Waals surface area contributed by atoms with E-state index >= 15 is 0 Å². The van der Waals surface area contributed by atoms with Gasteiger partial charge < -0.3 is 9.47 Å². The number of benzene rings is 3. The molecule has 0 unspecified atom stereocenters. The van der Waals surface area contributed by atoms with Crippen molar-refractivity contribution in [1.82, 2.24) is 4.90 Å². The van der Waals surface area contributed by atoms with Gasteiger partial charge >= 0.3 is 0 Å². The highest BCUT2D eigenvalue weighted by atomic mass is 79.9. The van der Waals surface area contributed by atoms with Gasteiger partial charge in [-0.3, -0.25) is 14.5 Å². The number of rotatable bonds is 7. The first-order valence-corrected chi connectivity index (χ1v) is 12.1. The summed E-state index contributed by atoms with van der Waals surface area (Å²) in [5.74, 6) is -0.0472. The molecule has 0 N–H and O–H groups in total. The lowest BCUT2D eigenvalue weighted by Gasteiger charge is -2.13. The van der Waals surface area contributed by atoms with Gasteiger partial charge in [0.25, 0.3) is 11.1 Å². The molecule has 34 heavy (non-hydrogen) atoms. The number of amides is 2. The molecule has 0 radical (unpaired) electrons. The minimum absolute atomic E-state index is 0.102. The third-order valence-corrected chi connectivity index (χ3v) is 6.84. The van der Waals surface area contributed by atoms with Gasteiger partial charge in [0.15, 0.2) is 11.5 Å². The first-order chi connectivity index (χ1) is 16.4. The molecule has 0 atom stereocenters. The summed E-state index contributed by atoms with van der Waals surface area (Å²) < 4.78 is 26.1. The first kappa shape index (κ1) is 24.3. The maximum absolute atomic E-state index is 14.1. The third kappa shape index (κ3) is 5.46. The smallest absolute Gasteiger partial charge is 0.293 e. The summed E-state index contributed by atoms with van der Waals surface area (Å²) in [7, 11) is 1.49. The van der Waals surface area contributed by atoms with Gasteiger partial charge in [-0.25, -0.2) is 4.39 Å². The Morgan fingerprint density at radius 1 is 1.09 bits per heavy atom. The van der Waals surface area contributed by atoms with Crippen molar-refractivity contribution < 1.29 is 23.5 Å². The molecule has 0 aliphatic carbocycles.